The number of hydrogen-bond acceptors (Lipinski definition) is 2. The van der Waals surface area contributed by atoms with Crippen LogP contribution in [0.4, 0.5) is 0 Å². The van der Waals surface area contributed by atoms with E-state index in [1.807, 2.05) is 40.9 Å². The summed E-state index contributed by atoms with van der Waals surface area (Å²) in [5, 5.41) is 4.60. The SMILES string of the molecule is Clc1nc(I)nn2cccc12. The minimum absolute atomic E-state index is 0.495. The van der Waals surface area contributed by atoms with Crippen molar-refractivity contribution in [3.63, 3.8) is 0 Å². The number of rotatable bonds is 0. The van der Waals surface area contributed by atoms with E-state index in [4.69, 9.17) is 11.6 Å². The average Bonchev–Trinajstić information content (AvgIpc) is 2.34. The quantitative estimate of drug-likeness (QED) is 0.690. The van der Waals surface area contributed by atoms with Crippen molar-refractivity contribution in [2.45, 2.75) is 0 Å². The Hall–Kier alpha value is -0.360. The highest BCUT2D eigenvalue weighted by Crippen LogP contribution is 2.14. The molecule has 0 spiro atoms. The molecule has 56 valence electrons. The van der Waals surface area contributed by atoms with E-state index >= 15 is 0 Å². The van der Waals surface area contributed by atoms with Gasteiger partial charge in [0.1, 0.15) is 5.52 Å². The molecular weight excluding hydrogens is 276 g/mol. The molecule has 0 aliphatic heterocycles. The Morgan fingerprint density at radius 2 is 2.36 bits per heavy atom. The second-order valence-corrected chi connectivity index (χ2v) is 3.33. The van der Waals surface area contributed by atoms with E-state index in [1.165, 1.54) is 0 Å². The molecule has 0 aromatic carbocycles. The summed E-state index contributed by atoms with van der Waals surface area (Å²) in [6.45, 7) is 0. The van der Waals surface area contributed by atoms with Gasteiger partial charge >= 0.3 is 0 Å². The first-order chi connectivity index (χ1) is 5.27. The molecule has 0 saturated carbocycles. The summed E-state index contributed by atoms with van der Waals surface area (Å²) < 4.78 is 2.35. The number of fused-ring (bicyclic) bond motifs is 1. The lowest BCUT2D eigenvalue weighted by atomic mass is 10.5. The second kappa shape index (κ2) is 2.60. The Morgan fingerprint density at radius 1 is 1.55 bits per heavy atom. The first-order valence-corrected chi connectivity index (χ1v) is 4.39. The lowest BCUT2D eigenvalue weighted by Crippen LogP contribution is -1.96. The van der Waals surface area contributed by atoms with Gasteiger partial charge in [-0.05, 0) is 12.1 Å². The fraction of sp³-hybridized carbons (Fsp3) is 0. The van der Waals surface area contributed by atoms with Crippen LogP contribution >= 0.6 is 34.2 Å². The van der Waals surface area contributed by atoms with Crippen LogP contribution in [-0.4, -0.2) is 14.6 Å². The molecule has 11 heavy (non-hydrogen) atoms. The van der Waals surface area contributed by atoms with Gasteiger partial charge in [-0.1, -0.05) is 11.6 Å². The van der Waals surface area contributed by atoms with Gasteiger partial charge in [0.25, 0.3) is 0 Å². The standard InChI is InChI=1S/C6H3ClIN3/c7-5-4-2-1-3-11(4)10-6(8)9-5/h1-3H. The Kier molecular flexibility index (Phi) is 1.72. The van der Waals surface area contributed by atoms with Gasteiger partial charge in [0.15, 0.2) is 5.15 Å². The lowest BCUT2D eigenvalue weighted by Gasteiger charge is -1.95. The fourth-order valence-electron chi connectivity index (χ4n) is 0.872. The minimum atomic E-state index is 0.495. The lowest BCUT2D eigenvalue weighted by molar-refractivity contribution is 0.873. The van der Waals surface area contributed by atoms with E-state index < -0.39 is 0 Å². The third-order valence-electron chi connectivity index (χ3n) is 1.32. The summed E-state index contributed by atoms with van der Waals surface area (Å²) >= 11 is 7.85. The van der Waals surface area contributed by atoms with Crippen LogP contribution in [0.5, 0.6) is 0 Å². The zero-order valence-corrected chi connectivity index (χ0v) is 8.24. The summed E-state index contributed by atoms with van der Waals surface area (Å²) in [5.74, 6) is 0. The maximum absolute atomic E-state index is 5.83. The number of nitrogens with zero attached hydrogens (tertiary/aromatic N) is 3. The van der Waals surface area contributed by atoms with Crippen molar-refractivity contribution in [3.05, 3.63) is 27.3 Å². The molecule has 2 rings (SSSR count). The molecule has 0 amide bonds. The van der Waals surface area contributed by atoms with Gasteiger partial charge < -0.3 is 0 Å². The third kappa shape index (κ3) is 1.20. The van der Waals surface area contributed by atoms with Crippen LogP contribution in [0.25, 0.3) is 5.52 Å². The molecule has 3 nitrogen and oxygen atoms in total. The molecule has 0 saturated heterocycles. The normalized spacial score (nSPS) is 10.7. The molecular formula is C6H3ClIN3. The topological polar surface area (TPSA) is 30.2 Å². The van der Waals surface area contributed by atoms with Crippen LogP contribution in [-0.2, 0) is 0 Å². The molecule has 2 aromatic rings. The monoisotopic (exact) mass is 279 g/mol. The Labute approximate surface area is 81.5 Å². The first-order valence-electron chi connectivity index (χ1n) is 2.94. The predicted octanol–water partition coefficient (Wildman–Crippen LogP) is 1.99. The zero-order valence-electron chi connectivity index (χ0n) is 5.33. The van der Waals surface area contributed by atoms with Gasteiger partial charge in [0.2, 0.25) is 3.83 Å². The Morgan fingerprint density at radius 3 is 3.18 bits per heavy atom. The van der Waals surface area contributed by atoms with E-state index in [0.29, 0.717) is 8.98 Å². The Bertz CT molecular complexity index is 398. The van der Waals surface area contributed by atoms with Crippen LogP contribution in [0.2, 0.25) is 5.15 Å². The van der Waals surface area contributed by atoms with Gasteiger partial charge in [-0.15, -0.1) is 5.10 Å². The van der Waals surface area contributed by atoms with Crippen molar-refractivity contribution in [1.29, 1.82) is 0 Å². The molecule has 0 unspecified atom stereocenters. The average molecular weight is 279 g/mol. The van der Waals surface area contributed by atoms with E-state index in [-0.39, 0.29) is 0 Å². The van der Waals surface area contributed by atoms with E-state index in [2.05, 4.69) is 10.1 Å². The van der Waals surface area contributed by atoms with Gasteiger partial charge in [0.05, 0.1) is 0 Å². The molecule has 2 heterocycles. The fourth-order valence-corrected chi connectivity index (χ4v) is 1.72. The summed E-state index contributed by atoms with van der Waals surface area (Å²) in [4.78, 5) is 3.99. The van der Waals surface area contributed by atoms with Crippen molar-refractivity contribution in [1.82, 2.24) is 14.6 Å². The first kappa shape index (κ1) is 7.30. The molecule has 0 N–H and O–H groups in total. The van der Waals surface area contributed by atoms with Gasteiger partial charge in [-0.2, -0.15) is 0 Å². The highest BCUT2D eigenvalue weighted by molar-refractivity contribution is 14.1. The van der Waals surface area contributed by atoms with E-state index in [0.717, 1.165) is 5.52 Å². The molecule has 5 heteroatoms. The zero-order chi connectivity index (χ0) is 7.84. The van der Waals surface area contributed by atoms with Crippen molar-refractivity contribution in [3.8, 4) is 0 Å². The van der Waals surface area contributed by atoms with Gasteiger partial charge in [-0.3, -0.25) is 0 Å². The van der Waals surface area contributed by atoms with Crippen LogP contribution in [0.15, 0.2) is 18.3 Å². The minimum Gasteiger partial charge on any atom is -0.235 e. The maximum Gasteiger partial charge on any atom is 0.211 e. The van der Waals surface area contributed by atoms with Crippen LogP contribution in [0, 0.1) is 3.83 Å². The second-order valence-electron chi connectivity index (χ2n) is 2.01. The van der Waals surface area contributed by atoms with Crippen molar-refractivity contribution < 1.29 is 0 Å². The molecule has 0 aliphatic rings. The van der Waals surface area contributed by atoms with Crippen molar-refractivity contribution >= 4 is 39.7 Å². The molecule has 0 fully saturated rings. The predicted molar refractivity (Wildman–Crippen MR) is 50.7 cm³/mol. The molecule has 0 atom stereocenters. The highest BCUT2D eigenvalue weighted by atomic mass is 127. The highest BCUT2D eigenvalue weighted by Gasteiger charge is 2.01. The van der Waals surface area contributed by atoms with Crippen molar-refractivity contribution in [2.24, 2.45) is 0 Å². The summed E-state index contributed by atoms with van der Waals surface area (Å²) in [6.07, 6.45) is 1.84. The van der Waals surface area contributed by atoms with Crippen molar-refractivity contribution in [2.75, 3.05) is 0 Å². The summed E-state index contributed by atoms with van der Waals surface area (Å²) in [6, 6.07) is 3.75. The van der Waals surface area contributed by atoms with Crippen LogP contribution < -0.4 is 0 Å². The van der Waals surface area contributed by atoms with E-state index in [1.54, 1.807) is 4.52 Å². The number of hydrogen-bond donors (Lipinski definition) is 0. The van der Waals surface area contributed by atoms with Crippen LogP contribution in [0.1, 0.15) is 0 Å². The molecule has 0 bridgehead atoms. The molecule has 0 radical (unpaired) electrons. The molecule has 2 aromatic heterocycles. The number of halogens is 2. The summed E-state index contributed by atoms with van der Waals surface area (Å²) in [7, 11) is 0. The van der Waals surface area contributed by atoms with Gasteiger partial charge in [-0.25, -0.2) is 9.50 Å². The third-order valence-corrected chi connectivity index (χ3v) is 2.06. The number of aromatic nitrogens is 3. The Balaban J connectivity index is 2.91. The van der Waals surface area contributed by atoms with Gasteiger partial charge in [0, 0.05) is 28.8 Å². The molecule has 0 aliphatic carbocycles. The van der Waals surface area contributed by atoms with Crippen LogP contribution in [0.3, 0.4) is 0 Å². The maximum atomic E-state index is 5.83. The summed E-state index contributed by atoms with van der Waals surface area (Å²) in [5.41, 5.74) is 0.840. The smallest absolute Gasteiger partial charge is 0.211 e. The van der Waals surface area contributed by atoms with E-state index in [9.17, 15) is 0 Å². The largest absolute Gasteiger partial charge is 0.235 e.